The number of esters is 1. The zero-order valence-electron chi connectivity index (χ0n) is 12.0. The third-order valence-corrected chi connectivity index (χ3v) is 4.04. The lowest BCUT2D eigenvalue weighted by Gasteiger charge is -2.28. The second kappa shape index (κ2) is 5.11. The largest absolute Gasteiger partial charge is 0.504 e. The van der Waals surface area contributed by atoms with Crippen molar-refractivity contribution in [3.8, 4) is 17.2 Å². The van der Waals surface area contributed by atoms with Crippen LogP contribution in [0.5, 0.6) is 17.2 Å². The fourth-order valence-electron chi connectivity index (χ4n) is 3.07. The summed E-state index contributed by atoms with van der Waals surface area (Å²) >= 11 is 0. The first kappa shape index (κ1) is 14.0. The van der Waals surface area contributed by atoms with Gasteiger partial charge >= 0.3 is 5.97 Å². The van der Waals surface area contributed by atoms with E-state index < -0.39 is 23.6 Å². The molecule has 0 saturated carbocycles. The fourth-order valence-corrected chi connectivity index (χ4v) is 3.07. The Morgan fingerprint density at radius 2 is 2.14 bits per heavy atom. The third kappa shape index (κ3) is 2.10. The number of hydrogen-bond donors (Lipinski definition) is 2. The normalized spacial score (nSPS) is 27.0. The number of benzene rings is 1. The minimum Gasteiger partial charge on any atom is -0.504 e. The van der Waals surface area contributed by atoms with Gasteiger partial charge in [0.25, 0.3) is 0 Å². The van der Waals surface area contributed by atoms with Crippen molar-refractivity contribution in [1.29, 1.82) is 0 Å². The lowest BCUT2D eigenvalue weighted by molar-refractivity contribution is -0.0235. The Morgan fingerprint density at radius 1 is 1.38 bits per heavy atom. The number of carbonyl (C=O) groups is 1. The first-order valence-electron chi connectivity index (χ1n) is 7.06. The van der Waals surface area contributed by atoms with Gasteiger partial charge in [-0.1, -0.05) is 13.3 Å². The average Bonchev–Trinajstić information content (AvgIpc) is 2.85. The van der Waals surface area contributed by atoms with Crippen LogP contribution < -0.4 is 4.74 Å². The third-order valence-electron chi connectivity index (χ3n) is 4.04. The topological polar surface area (TPSA) is 85.2 Å². The van der Waals surface area contributed by atoms with Gasteiger partial charge in [-0.15, -0.1) is 0 Å². The van der Waals surface area contributed by atoms with Crippen LogP contribution in [0, 0.1) is 0 Å². The first-order chi connectivity index (χ1) is 10.1. The summed E-state index contributed by atoms with van der Waals surface area (Å²) in [7, 11) is 1.38. The lowest BCUT2D eigenvalue weighted by atomic mass is 9.93. The highest BCUT2D eigenvalue weighted by Crippen LogP contribution is 2.49. The Labute approximate surface area is 122 Å². The van der Waals surface area contributed by atoms with Crippen LogP contribution in [0.25, 0.3) is 0 Å². The molecule has 2 heterocycles. The summed E-state index contributed by atoms with van der Waals surface area (Å²) in [6, 6.07) is 1.54. The molecule has 0 radical (unpaired) electrons. The molecule has 0 unspecified atom stereocenters. The quantitative estimate of drug-likeness (QED) is 0.657. The van der Waals surface area contributed by atoms with Crippen LogP contribution in [0.4, 0.5) is 0 Å². The second-order valence-electron chi connectivity index (χ2n) is 5.39. The fraction of sp³-hybridized carbons (Fsp3) is 0.533. The van der Waals surface area contributed by atoms with Crippen LogP contribution in [0.15, 0.2) is 6.07 Å². The van der Waals surface area contributed by atoms with Gasteiger partial charge in [-0.25, -0.2) is 4.79 Å². The Morgan fingerprint density at radius 3 is 2.81 bits per heavy atom. The van der Waals surface area contributed by atoms with Crippen LogP contribution in [0.3, 0.4) is 0 Å². The number of phenolic OH excluding ortho intramolecular Hbond substituents is 2. The molecule has 0 bridgehead atoms. The molecule has 0 aliphatic carbocycles. The van der Waals surface area contributed by atoms with Gasteiger partial charge in [-0.3, -0.25) is 0 Å². The van der Waals surface area contributed by atoms with E-state index in [1.165, 1.54) is 13.2 Å². The van der Waals surface area contributed by atoms with E-state index in [-0.39, 0.29) is 23.5 Å². The molecule has 2 aliphatic rings. The highest BCUT2D eigenvalue weighted by atomic mass is 16.6. The zero-order chi connectivity index (χ0) is 15.1. The maximum atomic E-state index is 12.1. The van der Waals surface area contributed by atoms with Crippen molar-refractivity contribution in [2.45, 2.75) is 44.5 Å². The zero-order valence-corrected chi connectivity index (χ0v) is 12.0. The molecule has 2 N–H and O–H groups in total. The SMILES string of the molecule is CCC[C@H]1C[C@H]2OC(=O)c3c(cc(OC)c(O)c3O)[C@H]2O1. The van der Waals surface area contributed by atoms with Crippen LogP contribution in [-0.4, -0.2) is 35.5 Å². The van der Waals surface area contributed by atoms with E-state index in [1.807, 2.05) is 0 Å². The van der Waals surface area contributed by atoms with E-state index in [4.69, 9.17) is 14.2 Å². The van der Waals surface area contributed by atoms with E-state index in [0.29, 0.717) is 12.0 Å². The van der Waals surface area contributed by atoms with Crippen molar-refractivity contribution < 1.29 is 29.2 Å². The predicted octanol–water partition coefficient (Wildman–Crippen LogP) is 2.28. The molecule has 1 saturated heterocycles. The van der Waals surface area contributed by atoms with Gasteiger partial charge in [0.1, 0.15) is 17.8 Å². The molecular weight excluding hydrogens is 276 g/mol. The Kier molecular flexibility index (Phi) is 3.41. The van der Waals surface area contributed by atoms with Crippen molar-refractivity contribution in [3.05, 3.63) is 17.2 Å². The molecule has 3 rings (SSSR count). The van der Waals surface area contributed by atoms with Gasteiger partial charge in [0.05, 0.1) is 13.2 Å². The summed E-state index contributed by atoms with van der Waals surface area (Å²) in [5.41, 5.74) is 0.480. The minimum absolute atomic E-state index is 0.0330. The number of carbonyl (C=O) groups excluding carboxylic acids is 1. The minimum atomic E-state index is -0.637. The van der Waals surface area contributed by atoms with Crippen molar-refractivity contribution >= 4 is 5.97 Å². The maximum absolute atomic E-state index is 12.1. The number of methoxy groups -OCH3 is 1. The van der Waals surface area contributed by atoms with E-state index in [9.17, 15) is 15.0 Å². The number of ether oxygens (including phenoxy) is 3. The Bertz CT molecular complexity index is 582. The molecule has 0 aromatic heterocycles. The summed E-state index contributed by atoms with van der Waals surface area (Å²) in [6.45, 7) is 2.07. The number of phenols is 2. The molecule has 3 atom stereocenters. The van der Waals surface area contributed by atoms with Gasteiger partial charge in [-0.2, -0.15) is 0 Å². The van der Waals surface area contributed by atoms with Crippen LogP contribution in [-0.2, 0) is 9.47 Å². The standard InChI is InChI=1S/C15H18O6/c1-3-4-7-5-10-14(20-7)8-6-9(19-2)12(16)13(17)11(8)15(18)21-10/h6-7,10,14,16-17H,3-5H2,1-2H3/t7-,10+,14+/m0/s1. The van der Waals surface area contributed by atoms with Gasteiger partial charge in [0, 0.05) is 12.0 Å². The number of aromatic hydroxyl groups is 2. The van der Waals surface area contributed by atoms with Gasteiger partial charge < -0.3 is 24.4 Å². The first-order valence-corrected chi connectivity index (χ1v) is 7.06. The molecule has 1 aromatic rings. The molecule has 1 fully saturated rings. The predicted molar refractivity (Wildman–Crippen MR) is 72.7 cm³/mol. The van der Waals surface area contributed by atoms with Crippen molar-refractivity contribution in [1.82, 2.24) is 0 Å². The molecule has 1 aromatic carbocycles. The second-order valence-corrected chi connectivity index (χ2v) is 5.39. The van der Waals surface area contributed by atoms with E-state index in [0.717, 1.165) is 12.8 Å². The van der Waals surface area contributed by atoms with Crippen molar-refractivity contribution in [2.24, 2.45) is 0 Å². The number of fused-ring (bicyclic) bond motifs is 3. The van der Waals surface area contributed by atoms with Gasteiger partial charge in [-0.05, 0) is 12.5 Å². The number of hydrogen-bond acceptors (Lipinski definition) is 6. The molecule has 0 spiro atoms. The summed E-state index contributed by atoms with van der Waals surface area (Å²) in [6.07, 6.45) is 1.78. The Hall–Kier alpha value is -1.95. The number of rotatable bonds is 3. The highest BCUT2D eigenvalue weighted by molar-refractivity contribution is 5.97. The highest BCUT2D eigenvalue weighted by Gasteiger charge is 2.46. The van der Waals surface area contributed by atoms with Gasteiger partial charge in [0.15, 0.2) is 11.5 Å². The lowest BCUT2D eigenvalue weighted by Crippen LogP contribution is -2.29. The van der Waals surface area contributed by atoms with E-state index in [1.54, 1.807) is 0 Å². The van der Waals surface area contributed by atoms with Crippen molar-refractivity contribution in [3.63, 3.8) is 0 Å². The van der Waals surface area contributed by atoms with Crippen molar-refractivity contribution in [2.75, 3.05) is 7.11 Å². The van der Waals surface area contributed by atoms with Crippen LogP contribution in [0.2, 0.25) is 0 Å². The van der Waals surface area contributed by atoms with Crippen LogP contribution in [0.1, 0.15) is 48.2 Å². The monoisotopic (exact) mass is 294 g/mol. The summed E-state index contributed by atoms with van der Waals surface area (Å²) < 4.78 is 16.3. The molecule has 21 heavy (non-hydrogen) atoms. The molecule has 0 amide bonds. The molecule has 114 valence electrons. The van der Waals surface area contributed by atoms with E-state index >= 15 is 0 Å². The van der Waals surface area contributed by atoms with Crippen LogP contribution >= 0.6 is 0 Å². The molecule has 6 heteroatoms. The van der Waals surface area contributed by atoms with E-state index in [2.05, 4.69) is 6.92 Å². The van der Waals surface area contributed by atoms with Gasteiger partial charge in [0.2, 0.25) is 5.75 Å². The summed E-state index contributed by atoms with van der Waals surface area (Å²) in [4.78, 5) is 12.1. The summed E-state index contributed by atoms with van der Waals surface area (Å²) in [5.74, 6) is -1.50. The Balaban J connectivity index is 2.06. The maximum Gasteiger partial charge on any atom is 0.342 e. The smallest absolute Gasteiger partial charge is 0.342 e. The average molecular weight is 294 g/mol. The summed E-state index contributed by atoms with van der Waals surface area (Å²) in [5, 5.41) is 19.9. The molecular formula is C15H18O6. The molecule has 6 nitrogen and oxygen atoms in total. The molecule has 2 aliphatic heterocycles.